The summed E-state index contributed by atoms with van der Waals surface area (Å²) in [5, 5.41) is 7.10. The molecule has 2 aromatic heterocycles. The van der Waals surface area contributed by atoms with E-state index in [-0.39, 0.29) is 11.8 Å². The molecule has 140 valence electrons. The fourth-order valence-electron chi connectivity index (χ4n) is 3.95. The van der Waals surface area contributed by atoms with E-state index in [1.165, 1.54) is 0 Å². The number of H-pyrrole nitrogens is 1. The monoisotopic (exact) mass is 367 g/mol. The zero-order valence-electron chi connectivity index (χ0n) is 14.4. The van der Waals surface area contributed by atoms with Crippen LogP contribution in [0.4, 0.5) is 13.2 Å². The second-order valence-corrected chi connectivity index (χ2v) is 7.17. The Morgan fingerprint density at radius 2 is 2.19 bits per heavy atom. The van der Waals surface area contributed by atoms with Gasteiger partial charge in [-0.25, -0.2) is 4.98 Å². The first-order chi connectivity index (χ1) is 12.3. The van der Waals surface area contributed by atoms with Gasteiger partial charge in [-0.2, -0.15) is 18.3 Å². The van der Waals surface area contributed by atoms with Crippen LogP contribution in [0.2, 0.25) is 0 Å². The van der Waals surface area contributed by atoms with Crippen molar-refractivity contribution in [2.24, 2.45) is 5.92 Å². The third-order valence-corrected chi connectivity index (χ3v) is 5.27. The molecule has 9 heteroatoms. The number of rotatable bonds is 3. The van der Waals surface area contributed by atoms with Gasteiger partial charge >= 0.3 is 6.18 Å². The maximum Gasteiger partial charge on any atom is 0.434 e. The van der Waals surface area contributed by atoms with Crippen LogP contribution in [0.3, 0.4) is 0 Å². The van der Waals surface area contributed by atoms with Crippen LogP contribution >= 0.6 is 0 Å². The lowest BCUT2D eigenvalue weighted by Gasteiger charge is -2.28. The zero-order chi connectivity index (χ0) is 18.5. The van der Waals surface area contributed by atoms with E-state index in [1.807, 2.05) is 0 Å². The highest BCUT2D eigenvalue weighted by atomic mass is 19.4. The van der Waals surface area contributed by atoms with Gasteiger partial charge in [0.25, 0.3) is 5.91 Å². The van der Waals surface area contributed by atoms with Gasteiger partial charge in [-0.05, 0) is 31.6 Å². The van der Waals surface area contributed by atoms with E-state index >= 15 is 0 Å². The predicted molar refractivity (Wildman–Crippen MR) is 86.6 cm³/mol. The van der Waals surface area contributed by atoms with Gasteiger partial charge in [0.05, 0.1) is 0 Å². The van der Waals surface area contributed by atoms with E-state index < -0.39 is 11.9 Å². The average molecular weight is 367 g/mol. The number of carbonyl (C=O) groups is 1. The van der Waals surface area contributed by atoms with Crippen LogP contribution in [0.1, 0.15) is 46.1 Å². The number of aromatic nitrogens is 4. The van der Waals surface area contributed by atoms with E-state index in [2.05, 4.69) is 15.2 Å². The molecule has 2 aromatic rings. The van der Waals surface area contributed by atoms with Crippen molar-refractivity contribution in [2.45, 2.75) is 44.8 Å². The zero-order valence-corrected chi connectivity index (χ0v) is 14.4. The highest BCUT2D eigenvalue weighted by Crippen LogP contribution is 2.31. The largest absolute Gasteiger partial charge is 0.434 e. The lowest BCUT2D eigenvalue weighted by atomic mass is 9.98. The summed E-state index contributed by atoms with van der Waals surface area (Å²) < 4.78 is 40.0. The summed E-state index contributed by atoms with van der Waals surface area (Å²) in [7, 11) is 1.73. The Balaban J connectivity index is 1.43. The molecule has 0 bridgehead atoms. The minimum absolute atomic E-state index is 0.0960. The number of nitrogens with zero attached hydrogens (tertiary/aromatic N) is 4. The highest BCUT2D eigenvalue weighted by Gasteiger charge is 2.36. The Morgan fingerprint density at radius 1 is 1.38 bits per heavy atom. The quantitative estimate of drug-likeness (QED) is 0.906. The lowest BCUT2D eigenvalue weighted by molar-refractivity contribution is -0.141. The van der Waals surface area contributed by atoms with Gasteiger partial charge < -0.3 is 9.47 Å². The number of amides is 1. The second-order valence-electron chi connectivity index (χ2n) is 7.17. The van der Waals surface area contributed by atoms with Crippen molar-refractivity contribution in [3.8, 4) is 0 Å². The molecule has 0 radical (unpaired) electrons. The van der Waals surface area contributed by atoms with E-state index in [0.717, 1.165) is 36.7 Å². The molecule has 1 aliphatic carbocycles. The molecule has 0 fully saturated rings. The number of imidazole rings is 1. The first kappa shape index (κ1) is 17.1. The molecular weight excluding hydrogens is 347 g/mol. The van der Waals surface area contributed by atoms with Gasteiger partial charge in [0.15, 0.2) is 11.4 Å². The van der Waals surface area contributed by atoms with Crippen LogP contribution < -0.4 is 0 Å². The molecule has 1 N–H and O–H groups in total. The van der Waals surface area contributed by atoms with Crippen LogP contribution in [0.25, 0.3) is 0 Å². The summed E-state index contributed by atoms with van der Waals surface area (Å²) >= 11 is 0. The third kappa shape index (κ3) is 2.99. The highest BCUT2D eigenvalue weighted by molar-refractivity contribution is 5.94. The predicted octanol–water partition coefficient (Wildman–Crippen LogP) is 2.45. The SMILES string of the molecule is CN(C[C@H]1CCc2nc(C(F)(F)F)cn2C1)C(=O)c1n[nH]c2c1CCC2. The molecule has 0 aromatic carbocycles. The van der Waals surface area contributed by atoms with Crippen molar-refractivity contribution in [3.63, 3.8) is 0 Å². The first-order valence-electron chi connectivity index (χ1n) is 8.77. The number of carbonyl (C=O) groups excluding carboxylic acids is 1. The average Bonchev–Trinajstić information content (AvgIpc) is 3.27. The number of aromatic amines is 1. The minimum atomic E-state index is -4.42. The van der Waals surface area contributed by atoms with Gasteiger partial charge in [0.2, 0.25) is 0 Å². The molecule has 0 unspecified atom stereocenters. The molecule has 1 aliphatic heterocycles. The smallest absolute Gasteiger partial charge is 0.340 e. The van der Waals surface area contributed by atoms with Gasteiger partial charge in [-0.15, -0.1) is 0 Å². The number of aryl methyl sites for hydroxylation is 2. The van der Waals surface area contributed by atoms with Gasteiger partial charge in [0, 0.05) is 44.0 Å². The van der Waals surface area contributed by atoms with Crippen molar-refractivity contribution in [3.05, 3.63) is 34.7 Å². The second kappa shape index (κ2) is 6.14. The molecule has 1 atom stereocenters. The van der Waals surface area contributed by atoms with Crippen LogP contribution in [-0.4, -0.2) is 44.1 Å². The number of hydrogen-bond donors (Lipinski definition) is 1. The molecule has 6 nitrogen and oxygen atoms in total. The number of fused-ring (bicyclic) bond motifs is 2. The number of alkyl halides is 3. The van der Waals surface area contributed by atoms with E-state index in [1.54, 1.807) is 16.5 Å². The molecule has 3 heterocycles. The molecule has 0 saturated carbocycles. The number of nitrogens with one attached hydrogen (secondary N) is 1. The molecular formula is C17H20F3N5O. The summed E-state index contributed by atoms with van der Waals surface area (Å²) in [6.07, 6.45) is 0.666. The molecule has 1 amide bonds. The maximum absolute atomic E-state index is 12.8. The van der Waals surface area contributed by atoms with E-state index in [0.29, 0.717) is 37.4 Å². The van der Waals surface area contributed by atoms with Gasteiger partial charge in [-0.1, -0.05) is 0 Å². The lowest BCUT2D eigenvalue weighted by Crippen LogP contribution is -2.35. The Hall–Kier alpha value is -2.32. The Kier molecular flexibility index (Phi) is 4.04. The summed E-state index contributed by atoms with van der Waals surface area (Å²) in [4.78, 5) is 18.0. The summed E-state index contributed by atoms with van der Waals surface area (Å²) in [5.41, 5.74) is 1.70. The number of hydrogen-bond acceptors (Lipinski definition) is 3. The summed E-state index contributed by atoms with van der Waals surface area (Å²) in [6, 6.07) is 0. The molecule has 0 saturated heterocycles. The van der Waals surface area contributed by atoms with Crippen LogP contribution in [0, 0.1) is 5.92 Å². The Morgan fingerprint density at radius 3 is 2.96 bits per heavy atom. The van der Waals surface area contributed by atoms with Crippen molar-refractivity contribution < 1.29 is 18.0 Å². The normalized spacial score (nSPS) is 19.3. The molecule has 26 heavy (non-hydrogen) atoms. The summed E-state index contributed by atoms with van der Waals surface area (Å²) in [5.74, 6) is 0.434. The van der Waals surface area contributed by atoms with Gasteiger partial charge in [-0.3, -0.25) is 9.89 Å². The minimum Gasteiger partial charge on any atom is -0.340 e. The van der Waals surface area contributed by atoms with Crippen LogP contribution in [0.5, 0.6) is 0 Å². The van der Waals surface area contributed by atoms with Crippen molar-refractivity contribution in [1.29, 1.82) is 0 Å². The fraction of sp³-hybridized carbons (Fsp3) is 0.588. The number of halogens is 3. The first-order valence-corrected chi connectivity index (χ1v) is 8.77. The molecule has 4 rings (SSSR count). The van der Waals surface area contributed by atoms with Crippen molar-refractivity contribution in [1.82, 2.24) is 24.6 Å². The Bertz CT molecular complexity index is 838. The molecule has 2 aliphatic rings. The van der Waals surface area contributed by atoms with E-state index in [9.17, 15) is 18.0 Å². The van der Waals surface area contributed by atoms with E-state index in [4.69, 9.17) is 0 Å². The van der Waals surface area contributed by atoms with Crippen LogP contribution in [-0.2, 0) is 32.0 Å². The molecule has 0 spiro atoms. The Labute approximate surface area is 148 Å². The van der Waals surface area contributed by atoms with Gasteiger partial charge in [0.1, 0.15) is 5.82 Å². The van der Waals surface area contributed by atoms with Crippen LogP contribution in [0.15, 0.2) is 6.20 Å². The maximum atomic E-state index is 12.8. The fourth-order valence-corrected chi connectivity index (χ4v) is 3.95. The standard InChI is InChI=1S/C17H20F3N5O/c1-24(16(26)15-11-3-2-4-12(11)22-23-15)7-10-5-6-14-21-13(17(18,19)20)9-25(14)8-10/h9-10H,2-8H2,1H3,(H,22,23)/t10-/m1/s1. The topological polar surface area (TPSA) is 66.8 Å². The summed E-state index contributed by atoms with van der Waals surface area (Å²) in [6.45, 7) is 0.925. The third-order valence-electron chi connectivity index (χ3n) is 5.27. The van der Waals surface area contributed by atoms with Crippen molar-refractivity contribution >= 4 is 5.91 Å². The van der Waals surface area contributed by atoms with Crippen molar-refractivity contribution in [2.75, 3.05) is 13.6 Å².